The minimum Gasteiger partial charge on any atom is -0.334 e. The number of amides is 1. The van der Waals surface area contributed by atoms with Crippen molar-refractivity contribution >= 4 is 5.91 Å². The van der Waals surface area contributed by atoms with Crippen molar-refractivity contribution in [3.63, 3.8) is 0 Å². The predicted octanol–water partition coefficient (Wildman–Crippen LogP) is 4.15. The second-order valence-corrected chi connectivity index (χ2v) is 10.3. The molecule has 0 aliphatic heterocycles. The lowest BCUT2D eigenvalue weighted by Gasteiger charge is -2.26. The van der Waals surface area contributed by atoms with Gasteiger partial charge in [-0.25, -0.2) is 0 Å². The summed E-state index contributed by atoms with van der Waals surface area (Å²) in [6.07, 6.45) is 12.1. The van der Waals surface area contributed by atoms with E-state index in [-0.39, 0.29) is 11.9 Å². The van der Waals surface area contributed by atoms with Crippen LogP contribution in [0.15, 0.2) is 48.7 Å². The Hall–Kier alpha value is -2.28. The van der Waals surface area contributed by atoms with Gasteiger partial charge in [0.05, 0.1) is 11.7 Å². The van der Waals surface area contributed by atoms with E-state index in [1.165, 1.54) is 49.7 Å². The molecule has 2 fully saturated rings. The maximum Gasteiger partial charge on any atom is 0.239 e. The number of rotatable bonds is 14. The van der Waals surface area contributed by atoms with Crippen molar-refractivity contribution in [1.29, 1.82) is 0 Å². The number of nitrogens with zero attached hydrogens (tertiary/aromatic N) is 2. The van der Waals surface area contributed by atoms with Gasteiger partial charge >= 0.3 is 0 Å². The van der Waals surface area contributed by atoms with Crippen LogP contribution in [-0.2, 0) is 24.4 Å². The first-order valence-electron chi connectivity index (χ1n) is 13.6. The highest BCUT2D eigenvalue weighted by Gasteiger charge is 2.34. The number of carbonyl (C=O) groups is 1. The molecule has 6 nitrogen and oxygen atoms in total. The van der Waals surface area contributed by atoms with Gasteiger partial charge in [0, 0.05) is 37.9 Å². The van der Waals surface area contributed by atoms with Gasteiger partial charge < -0.3 is 20.9 Å². The lowest BCUT2D eigenvalue weighted by Crippen LogP contribution is -2.45. The Morgan fingerprint density at radius 1 is 0.971 bits per heavy atom. The molecular weight excluding hydrogens is 434 g/mol. The van der Waals surface area contributed by atoms with Crippen LogP contribution in [0, 0.1) is 0 Å². The Morgan fingerprint density at radius 3 is 2.46 bits per heavy atom. The maximum atomic E-state index is 13.2. The summed E-state index contributed by atoms with van der Waals surface area (Å²) in [6, 6.07) is 15.5. The van der Waals surface area contributed by atoms with Crippen molar-refractivity contribution in [3.8, 4) is 0 Å². The van der Waals surface area contributed by atoms with E-state index in [0.717, 1.165) is 44.2 Å². The first kappa shape index (κ1) is 25.8. The number of hydrogen-bond donors (Lipinski definition) is 3. The van der Waals surface area contributed by atoms with Crippen LogP contribution in [0.25, 0.3) is 0 Å². The molecule has 0 saturated heterocycles. The number of aromatic nitrogens is 1. The van der Waals surface area contributed by atoms with Gasteiger partial charge in [0.2, 0.25) is 5.91 Å². The molecular formula is C29H43N5O. The fraction of sp³-hybridized carbons (Fsp3) is 0.586. The van der Waals surface area contributed by atoms with Gasteiger partial charge in [-0.3, -0.25) is 9.78 Å². The smallest absolute Gasteiger partial charge is 0.239 e. The van der Waals surface area contributed by atoms with Crippen LogP contribution < -0.4 is 16.0 Å². The Balaban J connectivity index is 1.16. The summed E-state index contributed by atoms with van der Waals surface area (Å²) in [7, 11) is 0. The topological polar surface area (TPSA) is 69.3 Å². The molecule has 1 heterocycles. The largest absolute Gasteiger partial charge is 0.334 e. The minimum absolute atomic E-state index is 0.177. The van der Waals surface area contributed by atoms with E-state index >= 15 is 0 Å². The lowest BCUT2D eigenvalue weighted by molar-refractivity contribution is -0.134. The molecule has 4 rings (SSSR count). The zero-order valence-corrected chi connectivity index (χ0v) is 21.3. The SMILES string of the molecule is C[C@H](NCc1ccccn1)C(=O)N(Cc1ccc(CNCCCNC2CCCCC2)cc1)C1CC1. The second kappa shape index (κ2) is 13.7. The molecule has 6 heteroatoms. The van der Waals surface area contributed by atoms with Crippen molar-refractivity contribution in [2.24, 2.45) is 0 Å². The normalized spacial score (nSPS) is 17.3. The van der Waals surface area contributed by atoms with E-state index in [1.807, 2.05) is 25.1 Å². The molecule has 2 aliphatic rings. The summed E-state index contributed by atoms with van der Waals surface area (Å²) >= 11 is 0. The van der Waals surface area contributed by atoms with E-state index in [0.29, 0.717) is 19.1 Å². The summed E-state index contributed by atoms with van der Waals surface area (Å²) in [5.74, 6) is 0.177. The molecule has 2 aliphatic carbocycles. The Bertz CT molecular complexity index is 878. The van der Waals surface area contributed by atoms with Gasteiger partial charge in [0.15, 0.2) is 0 Å². The summed E-state index contributed by atoms with van der Waals surface area (Å²) in [6.45, 7) is 6.28. The van der Waals surface area contributed by atoms with E-state index < -0.39 is 0 Å². The fourth-order valence-electron chi connectivity index (χ4n) is 4.89. The first-order valence-corrected chi connectivity index (χ1v) is 13.6. The van der Waals surface area contributed by atoms with Gasteiger partial charge in [-0.05, 0) is 75.4 Å². The maximum absolute atomic E-state index is 13.2. The van der Waals surface area contributed by atoms with Gasteiger partial charge in [-0.2, -0.15) is 0 Å². The van der Waals surface area contributed by atoms with Crippen LogP contribution in [0.3, 0.4) is 0 Å². The Morgan fingerprint density at radius 2 is 1.74 bits per heavy atom. The predicted molar refractivity (Wildman–Crippen MR) is 142 cm³/mol. The molecule has 1 aromatic carbocycles. The van der Waals surface area contributed by atoms with E-state index in [9.17, 15) is 4.79 Å². The highest BCUT2D eigenvalue weighted by atomic mass is 16.2. The van der Waals surface area contributed by atoms with Crippen molar-refractivity contribution < 1.29 is 4.79 Å². The van der Waals surface area contributed by atoms with Crippen molar-refractivity contribution in [3.05, 3.63) is 65.5 Å². The third kappa shape index (κ3) is 8.71. The van der Waals surface area contributed by atoms with Crippen LogP contribution in [0.1, 0.15) is 75.1 Å². The standard InChI is InChI=1S/C29H43N5O/c1-23(33-21-27-10-5-6-18-32-27)29(35)34(28-15-16-28)22-25-13-11-24(12-14-25)20-30-17-7-19-31-26-8-3-2-4-9-26/h5-6,10-14,18,23,26,28,30-31,33H,2-4,7-9,15-17,19-22H2,1H3/t23-/m0/s1. The molecule has 0 spiro atoms. The fourth-order valence-corrected chi connectivity index (χ4v) is 4.89. The number of carbonyl (C=O) groups excluding carboxylic acids is 1. The van der Waals surface area contributed by atoms with E-state index in [2.05, 4.69) is 50.1 Å². The van der Waals surface area contributed by atoms with Crippen molar-refractivity contribution in [1.82, 2.24) is 25.8 Å². The molecule has 0 unspecified atom stereocenters. The molecule has 190 valence electrons. The number of nitrogens with one attached hydrogen (secondary N) is 3. The van der Waals surface area contributed by atoms with Crippen LogP contribution in [0.2, 0.25) is 0 Å². The number of benzene rings is 1. The molecule has 3 N–H and O–H groups in total. The summed E-state index contributed by atoms with van der Waals surface area (Å²) < 4.78 is 0. The first-order chi connectivity index (χ1) is 17.2. The molecule has 0 bridgehead atoms. The molecule has 2 saturated carbocycles. The third-order valence-corrected chi connectivity index (χ3v) is 7.23. The molecule has 1 amide bonds. The van der Waals surface area contributed by atoms with E-state index in [1.54, 1.807) is 6.20 Å². The second-order valence-electron chi connectivity index (χ2n) is 10.3. The lowest BCUT2D eigenvalue weighted by atomic mass is 9.95. The van der Waals surface area contributed by atoms with Crippen molar-refractivity contribution in [2.75, 3.05) is 13.1 Å². The van der Waals surface area contributed by atoms with Crippen LogP contribution in [0.5, 0.6) is 0 Å². The van der Waals surface area contributed by atoms with E-state index in [4.69, 9.17) is 0 Å². The number of hydrogen-bond acceptors (Lipinski definition) is 5. The third-order valence-electron chi connectivity index (χ3n) is 7.23. The van der Waals surface area contributed by atoms with Crippen LogP contribution >= 0.6 is 0 Å². The molecule has 1 atom stereocenters. The summed E-state index contributed by atoms with van der Waals surface area (Å²) in [5, 5.41) is 10.6. The average Bonchev–Trinajstić information content (AvgIpc) is 3.75. The summed E-state index contributed by atoms with van der Waals surface area (Å²) in [5.41, 5.74) is 3.45. The van der Waals surface area contributed by atoms with Crippen LogP contribution in [-0.4, -0.2) is 47.0 Å². The summed E-state index contributed by atoms with van der Waals surface area (Å²) in [4.78, 5) is 19.6. The van der Waals surface area contributed by atoms with Crippen molar-refractivity contribution in [2.45, 2.75) is 96.1 Å². The quantitative estimate of drug-likeness (QED) is 0.357. The zero-order chi connectivity index (χ0) is 24.3. The van der Waals surface area contributed by atoms with Gasteiger partial charge in [0.25, 0.3) is 0 Å². The van der Waals surface area contributed by atoms with Crippen LogP contribution in [0.4, 0.5) is 0 Å². The monoisotopic (exact) mass is 477 g/mol. The van der Waals surface area contributed by atoms with Gasteiger partial charge in [-0.15, -0.1) is 0 Å². The molecule has 1 aromatic heterocycles. The zero-order valence-electron chi connectivity index (χ0n) is 21.3. The molecule has 2 aromatic rings. The highest BCUT2D eigenvalue weighted by Crippen LogP contribution is 2.29. The Kier molecular flexibility index (Phi) is 10.1. The minimum atomic E-state index is -0.228. The highest BCUT2D eigenvalue weighted by molar-refractivity contribution is 5.82. The molecule has 35 heavy (non-hydrogen) atoms. The average molecular weight is 478 g/mol. The van der Waals surface area contributed by atoms with Gasteiger partial charge in [-0.1, -0.05) is 49.6 Å². The Labute approximate surface area is 211 Å². The molecule has 0 radical (unpaired) electrons. The van der Waals surface area contributed by atoms with Gasteiger partial charge in [0.1, 0.15) is 0 Å². The number of pyridine rings is 1.